The van der Waals surface area contributed by atoms with E-state index in [0.29, 0.717) is 28.7 Å². The largest absolute Gasteiger partial charge is 0.506 e. The minimum Gasteiger partial charge on any atom is -0.506 e. The van der Waals surface area contributed by atoms with E-state index >= 15 is 0 Å². The molecule has 8 heteroatoms. The second kappa shape index (κ2) is 12.2. The van der Waals surface area contributed by atoms with Gasteiger partial charge in [-0.1, -0.05) is 55.1 Å². The Hall–Kier alpha value is -3.78. The van der Waals surface area contributed by atoms with Crippen LogP contribution in [0.3, 0.4) is 0 Å². The number of esters is 1. The maximum Gasteiger partial charge on any atom is 0.344 e. The van der Waals surface area contributed by atoms with E-state index in [-0.39, 0.29) is 30.4 Å². The summed E-state index contributed by atoms with van der Waals surface area (Å²) in [6, 6.07) is 15.4. The summed E-state index contributed by atoms with van der Waals surface area (Å²) in [5.41, 5.74) is 3.71. The van der Waals surface area contributed by atoms with Crippen LogP contribution in [-0.2, 0) is 27.3 Å². The van der Waals surface area contributed by atoms with Crippen molar-refractivity contribution in [3.05, 3.63) is 82.1 Å². The van der Waals surface area contributed by atoms with Crippen molar-refractivity contribution in [2.24, 2.45) is 4.99 Å². The van der Waals surface area contributed by atoms with Crippen molar-refractivity contribution in [1.82, 2.24) is 9.47 Å². The summed E-state index contributed by atoms with van der Waals surface area (Å²) < 4.78 is 7.22. The summed E-state index contributed by atoms with van der Waals surface area (Å²) in [5, 5.41) is 12.5. The summed E-state index contributed by atoms with van der Waals surface area (Å²) >= 11 is 1.23. The number of para-hydroxylation sites is 2. The molecular weight excluding hydrogens is 498 g/mol. The van der Waals surface area contributed by atoms with Gasteiger partial charge in [-0.25, -0.2) is 9.79 Å². The summed E-state index contributed by atoms with van der Waals surface area (Å²) in [7, 11) is 0. The molecule has 4 rings (SSSR count). The summed E-state index contributed by atoms with van der Waals surface area (Å²) in [5.74, 6) is -0.720. The number of nitrogens with zero attached hydrogens (tertiary/aromatic N) is 3. The van der Waals surface area contributed by atoms with Crippen LogP contribution in [0.5, 0.6) is 0 Å². The van der Waals surface area contributed by atoms with Crippen LogP contribution < -0.4 is 0 Å². The second-order valence-corrected chi connectivity index (χ2v) is 9.78. The molecule has 1 amide bonds. The van der Waals surface area contributed by atoms with Crippen molar-refractivity contribution >= 4 is 51.3 Å². The van der Waals surface area contributed by atoms with Crippen LogP contribution in [0.2, 0.25) is 0 Å². The number of rotatable bonds is 9. The van der Waals surface area contributed by atoms with Gasteiger partial charge in [0, 0.05) is 30.2 Å². The average Bonchev–Trinajstić information content (AvgIpc) is 3.42. The van der Waals surface area contributed by atoms with Crippen molar-refractivity contribution in [3.63, 3.8) is 0 Å². The fraction of sp³-hybridized carbons (Fsp3) is 0.300. The fourth-order valence-electron chi connectivity index (χ4n) is 4.57. The van der Waals surface area contributed by atoms with Gasteiger partial charge in [0.05, 0.1) is 22.7 Å². The lowest BCUT2D eigenvalue weighted by molar-refractivity contribution is -0.138. The number of aryl methyl sites for hydroxylation is 1. The smallest absolute Gasteiger partial charge is 0.344 e. The molecular formula is C30H33N3O4S. The number of aliphatic hydroxyl groups is 1. The van der Waals surface area contributed by atoms with Gasteiger partial charge in [-0.3, -0.25) is 4.79 Å². The normalized spacial score (nSPS) is 15.6. The molecule has 3 aromatic rings. The van der Waals surface area contributed by atoms with Gasteiger partial charge >= 0.3 is 5.97 Å². The van der Waals surface area contributed by atoms with Gasteiger partial charge in [-0.05, 0) is 51.0 Å². The number of aliphatic hydroxyl groups excluding tert-OH is 1. The summed E-state index contributed by atoms with van der Waals surface area (Å²) in [6.07, 6.45) is 4.62. The first-order chi connectivity index (χ1) is 18.4. The van der Waals surface area contributed by atoms with E-state index in [1.54, 1.807) is 6.92 Å². The number of thioether (sulfide) groups is 1. The molecule has 0 fully saturated rings. The van der Waals surface area contributed by atoms with E-state index in [9.17, 15) is 14.7 Å². The summed E-state index contributed by atoms with van der Waals surface area (Å²) in [4.78, 5) is 32.7. The number of benzene rings is 2. The number of fused-ring (bicyclic) bond motifs is 1. The van der Waals surface area contributed by atoms with Gasteiger partial charge in [-0.15, -0.1) is 0 Å². The van der Waals surface area contributed by atoms with Crippen LogP contribution >= 0.6 is 11.8 Å². The monoisotopic (exact) mass is 531 g/mol. The lowest BCUT2D eigenvalue weighted by Crippen LogP contribution is -2.33. The first-order valence-electron chi connectivity index (χ1n) is 12.9. The van der Waals surface area contributed by atoms with Gasteiger partial charge in [0.25, 0.3) is 0 Å². The van der Waals surface area contributed by atoms with Gasteiger partial charge < -0.3 is 19.3 Å². The van der Waals surface area contributed by atoms with Crippen LogP contribution in [0, 0.1) is 0 Å². The first-order valence-corrected chi connectivity index (χ1v) is 13.8. The van der Waals surface area contributed by atoms with Gasteiger partial charge in [-0.2, -0.15) is 0 Å². The Balaban J connectivity index is 1.82. The molecule has 38 heavy (non-hydrogen) atoms. The van der Waals surface area contributed by atoms with Crippen molar-refractivity contribution in [3.8, 4) is 0 Å². The zero-order valence-corrected chi connectivity index (χ0v) is 23.0. The molecule has 0 atom stereocenters. The summed E-state index contributed by atoms with van der Waals surface area (Å²) in [6.45, 7) is 9.49. The van der Waals surface area contributed by atoms with E-state index in [4.69, 9.17) is 4.74 Å². The lowest BCUT2D eigenvalue weighted by Gasteiger charge is -2.19. The molecule has 0 spiro atoms. The third kappa shape index (κ3) is 5.55. The zero-order chi connectivity index (χ0) is 27.2. The van der Waals surface area contributed by atoms with E-state index in [1.165, 1.54) is 11.8 Å². The standard InChI is InChI=1S/C30H33N3O4S/c1-5-20-13-12-16-23-21(18-33(27(20)23)19-25(34)32(6-2)7-3)17-24-28(35)26(30(36)37-8-4)29(38-24)31-22-14-10-9-11-15-22/h9-18,35H,5-8,19H2,1-4H3/b24-17-,31-29?. The molecule has 0 aliphatic carbocycles. The fourth-order valence-corrected chi connectivity index (χ4v) is 5.59. The maximum absolute atomic E-state index is 13.0. The SMILES string of the molecule is CCOC(=O)C1=C(O)/C(=C/c2cn(CC(=O)N(CC)CC)c3c(CC)cccc23)SC1=Nc1ccccc1. The second-order valence-electron chi connectivity index (χ2n) is 8.75. The number of ether oxygens (including phenoxy) is 1. The quantitative estimate of drug-likeness (QED) is 0.329. The van der Waals surface area contributed by atoms with Crippen molar-refractivity contribution < 1.29 is 19.4 Å². The molecule has 0 bridgehead atoms. The molecule has 0 saturated heterocycles. The third-order valence-corrected chi connectivity index (χ3v) is 7.48. The number of likely N-dealkylation sites (N-methyl/N-ethyl adjacent to an activating group) is 1. The highest BCUT2D eigenvalue weighted by Crippen LogP contribution is 2.41. The van der Waals surface area contributed by atoms with Gasteiger partial charge in [0.15, 0.2) is 0 Å². The van der Waals surface area contributed by atoms with Crippen molar-refractivity contribution in [2.45, 2.75) is 40.7 Å². The predicted molar refractivity (Wildman–Crippen MR) is 155 cm³/mol. The Bertz CT molecular complexity index is 1430. The number of aliphatic imine (C=N–C) groups is 1. The maximum atomic E-state index is 13.0. The molecule has 2 heterocycles. The van der Waals surface area contributed by atoms with E-state index in [0.717, 1.165) is 28.5 Å². The third-order valence-electron chi connectivity index (χ3n) is 6.46. The number of hydrogen-bond acceptors (Lipinski definition) is 6. The predicted octanol–water partition coefficient (Wildman–Crippen LogP) is 6.27. The van der Waals surface area contributed by atoms with Crippen LogP contribution in [0.1, 0.15) is 38.8 Å². The number of carbonyl (C=O) groups excluding carboxylic acids is 2. The minimum absolute atomic E-state index is 0.0527. The molecule has 1 aliphatic heterocycles. The van der Waals surface area contributed by atoms with Crippen LogP contribution in [0.25, 0.3) is 17.0 Å². The van der Waals surface area contributed by atoms with Crippen molar-refractivity contribution in [1.29, 1.82) is 0 Å². The molecule has 1 N–H and O–H groups in total. The molecule has 7 nitrogen and oxygen atoms in total. The molecule has 1 aromatic heterocycles. The zero-order valence-electron chi connectivity index (χ0n) is 22.2. The molecule has 1 aliphatic rings. The highest BCUT2D eigenvalue weighted by atomic mass is 32.2. The Morgan fingerprint density at radius 3 is 2.45 bits per heavy atom. The molecule has 0 radical (unpaired) electrons. The van der Waals surface area contributed by atoms with Gasteiger partial charge in [0.2, 0.25) is 5.91 Å². The molecule has 0 saturated carbocycles. The lowest BCUT2D eigenvalue weighted by atomic mass is 10.1. The Morgan fingerprint density at radius 1 is 1.05 bits per heavy atom. The van der Waals surface area contributed by atoms with Gasteiger partial charge in [0.1, 0.15) is 22.9 Å². The Morgan fingerprint density at radius 2 is 1.79 bits per heavy atom. The number of carbonyl (C=O) groups is 2. The Kier molecular flexibility index (Phi) is 8.73. The minimum atomic E-state index is -0.615. The molecule has 2 aromatic carbocycles. The van der Waals surface area contributed by atoms with Crippen LogP contribution in [0.4, 0.5) is 5.69 Å². The Labute approximate surface area is 227 Å². The highest BCUT2D eigenvalue weighted by molar-refractivity contribution is 8.18. The highest BCUT2D eigenvalue weighted by Gasteiger charge is 2.33. The number of hydrogen-bond donors (Lipinski definition) is 1. The van der Waals surface area contributed by atoms with Crippen LogP contribution in [0.15, 0.2) is 76.0 Å². The molecule has 198 valence electrons. The number of aromatic nitrogens is 1. The van der Waals surface area contributed by atoms with E-state index in [2.05, 4.69) is 18.0 Å². The van der Waals surface area contributed by atoms with E-state index in [1.807, 2.05) is 78.1 Å². The topological polar surface area (TPSA) is 84.1 Å². The van der Waals surface area contributed by atoms with Crippen molar-refractivity contribution in [2.75, 3.05) is 19.7 Å². The van der Waals surface area contributed by atoms with E-state index < -0.39 is 5.97 Å². The average molecular weight is 532 g/mol. The molecule has 0 unspecified atom stereocenters. The first kappa shape index (κ1) is 27.3. The van der Waals surface area contributed by atoms with Crippen LogP contribution in [-0.4, -0.2) is 51.2 Å². The number of amides is 1.